The van der Waals surface area contributed by atoms with Crippen LogP contribution >= 0.6 is 0 Å². The largest absolute Gasteiger partial charge is 0.469 e. The molecule has 1 heterocycles. The van der Waals surface area contributed by atoms with Crippen LogP contribution in [0.3, 0.4) is 0 Å². The van der Waals surface area contributed by atoms with E-state index in [0.717, 1.165) is 11.4 Å². The smallest absolute Gasteiger partial charge is 0.333 e. The number of ketones is 1. The quantitative estimate of drug-likeness (QED) is 0.783. The summed E-state index contributed by atoms with van der Waals surface area (Å²) in [4.78, 5) is 36.0. The standard InChI is InChI=1S/C19H22N2O4/c1-25-18(23)12-9-16-13-20(14-7-10-17(22)11-8-14)19(24)21(16)15-5-3-2-4-6-15/h2-6,13-14H,7-12H2,1H3. The number of ether oxygens (including phenoxy) is 1. The summed E-state index contributed by atoms with van der Waals surface area (Å²) in [7, 11) is 1.36. The zero-order valence-corrected chi connectivity index (χ0v) is 14.3. The van der Waals surface area contributed by atoms with E-state index in [1.807, 2.05) is 36.5 Å². The molecule has 0 atom stereocenters. The monoisotopic (exact) mass is 342 g/mol. The van der Waals surface area contributed by atoms with Crippen LogP contribution in [0.5, 0.6) is 0 Å². The first-order chi connectivity index (χ1) is 12.1. The molecule has 2 aromatic rings. The first kappa shape index (κ1) is 17.2. The molecule has 0 bridgehead atoms. The van der Waals surface area contributed by atoms with E-state index in [-0.39, 0.29) is 29.9 Å². The van der Waals surface area contributed by atoms with Gasteiger partial charge in [0.1, 0.15) is 5.78 Å². The maximum atomic E-state index is 13.0. The topological polar surface area (TPSA) is 70.3 Å². The summed E-state index contributed by atoms with van der Waals surface area (Å²) in [5, 5.41) is 0. The Morgan fingerprint density at radius 3 is 2.48 bits per heavy atom. The lowest BCUT2D eigenvalue weighted by Crippen LogP contribution is -2.29. The first-order valence-electron chi connectivity index (χ1n) is 8.57. The Morgan fingerprint density at radius 2 is 1.84 bits per heavy atom. The molecule has 0 unspecified atom stereocenters. The SMILES string of the molecule is COC(=O)CCc1cn(C2CCC(=O)CC2)c(=O)n1-c1ccccc1. The highest BCUT2D eigenvalue weighted by atomic mass is 16.5. The molecule has 0 aliphatic heterocycles. The van der Waals surface area contributed by atoms with Gasteiger partial charge in [0.15, 0.2) is 0 Å². The van der Waals surface area contributed by atoms with E-state index in [2.05, 4.69) is 0 Å². The summed E-state index contributed by atoms with van der Waals surface area (Å²) in [5.74, 6) is -0.0409. The lowest BCUT2D eigenvalue weighted by atomic mass is 9.94. The van der Waals surface area contributed by atoms with Gasteiger partial charge < -0.3 is 4.74 Å². The van der Waals surface area contributed by atoms with Gasteiger partial charge in [0.05, 0.1) is 19.2 Å². The molecule has 25 heavy (non-hydrogen) atoms. The predicted octanol–water partition coefficient (Wildman–Crippen LogP) is 2.43. The molecule has 0 N–H and O–H groups in total. The second kappa shape index (κ2) is 7.51. The van der Waals surface area contributed by atoms with Gasteiger partial charge in [0, 0.05) is 37.2 Å². The van der Waals surface area contributed by atoms with Gasteiger partial charge >= 0.3 is 11.7 Å². The van der Waals surface area contributed by atoms with Crippen LogP contribution in [0.1, 0.15) is 43.8 Å². The van der Waals surface area contributed by atoms with E-state index in [1.165, 1.54) is 7.11 Å². The van der Waals surface area contributed by atoms with Crippen LogP contribution in [0.25, 0.3) is 5.69 Å². The van der Waals surface area contributed by atoms with Crippen molar-refractivity contribution in [1.82, 2.24) is 9.13 Å². The van der Waals surface area contributed by atoms with Gasteiger partial charge in [0.2, 0.25) is 0 Å². The molecule has 0 saturated heterocycles. The molecule has 3 rings (SSSR count). The van der Waals surface area contributed by atoms with Gasteiger partial charge in [-0.2, -0.15) is 0 Å². The van der Waals surface area contributed by atoms with Crippen molar-refractivity contribution in [3.63, 3.8) is 0 Å². The number of aromatic nitrogens is 2. The van der Waals surface area contributed by atoms with Crippen LogP contribution in [0.4, 0.5) is 0 Å². The Labute approximate surface area is 146 Å². The molecule has 0 spiro atoms. The third-order valence-corrected chi connectivity index (χ3v) is 4.72. The number of methoxy groups -OCH3 is 1. The molecule has 0 radical (unpaired) electrons. The van der Waals surface area contributed by atoms with Crippen molar-refractivity contribution in [1.29, 1.82) is 0 Å². The van der Waals surface area contributed by atoms with E-state index in [4.69, 9.17) is 4.74 Å². The fourth-order valence-electron chi connectivity index (χ4n) is 3.34. The summed E-state index contributed by atoms with van der Waals surface area (Å²) in [6.45, 7) is 0. The zero-order valence-electron chi connectivity index (χ0n) is 14.3. The molecule has 1 saturated carbocycles. The van der Waals surface area contributed by atoms with E-state index >= 15 is 0 Å². The number of hydrogen-bond donors (Lipinski definition) is 0. The molecule has 132 valence electrons. The van der Waals surface area contributed by atoms with E-state index in [9.17, 15) is 14.4 Å². The average Bonchev–Trinajstić information content (AvgIpc) is 2.97. The molecule has 1 aliphatic rings. The summed E-state index contributed by atoms with van der Waals surface area (Å²) in [6.07, 6.45) is 4.89. The fraction of sp³-hybridized carbons (Fsp3) is 0.421. The number of nitrogens with zero attached hydrogens (tertiary/aromatic N) is 2. The van der Waals surface area contributed by atoms with Crippen molar-refractivity contribution in [2.24, 2.45) is 0 Å². The molecular formula is C19H22N2O4. The number of aryl methyl sites for hydroxylation is 1. The Kier molecular flexibility index (Phi) is 5.16. The molecule has 1 fully saturated rings. The van der Waals surface area contributed by atoms with Crippen molar-refractivity contribution < 1.29 is 14.3 Å². The third kappa shape index (κ3) is 3.73. The average molecular weight is 342 g/mol. The number of hydrogen-bond acceptors (Lipinski definition) is 4. The van der Waals surface area contributed by atoms with Gasteiger partial charge in [-0.1, -0.05) is 18.2 Å². The maximum absolute atomic E-state index is 13.0. The normalized spacial score (nSPS) is 15.3. The highest BCUT2D eigenvalue weighted by molar-refractivity contribution is 5.79. The fourth-order valence-corrected chi connectivity index (χ4v) is 3.34. The number of para-hydroxylation sites is 1. The minimum absolute atomic E-state index is 0.0343. The summed E-state index contributed by atoms with van der Waals surface area (Å²) < 4.78 is 8.09. The second-order valence-electron chi connectivity index (χ2n) is 6.33. The van der Waals surface area contributed by atoms with Crippen molar-refractivity contribution in [2.45, 2.75) is 44.6 Å². The molecular weight excluding hydrogens is 320 g/mol. The summed E-state index contributed by atoms with van der Waals surface area (Å²) >= 11 is 0. The van der Waals surface area contributed by atoms with Crippen molar-refractivity contribution in [3.8, 4) is 5.69 Å². The molecule has 1 aliphatic carbocycles. The molecule has 6 heteroatoms. The third-order valence-electron chi connectivity index (χ3n) is 4.72. The predicted molar refractivity (Wildman–Crippen MR) is 92.9 cm³/mol. The Hall–Kier alpha value is -2.63. The van der Waals surface area contributed by atoms with Gasteiger partial charge in [-0.3, -0.25) is 18.7 Å². The number of esters is 1. The number of rotatable bonds is 5. The van der Waals surface area contributed by atoms with Gasteiger partial charge in [-0.05, 0) is 25.0 Å². The van der Waals surface area contributed by atoms with Crippen molar-refractivity contribution in [2.75, 3.05) is 7.11 Å². The highest BCUT2D eigenvalue weighted by Gasteiger charge is 2.24. The number of carbonyl (C=O) groups is 2. The van der Waals surface area contributed by atoms with E-state index < -0.39 is 0 Å². The van der Waals surface area contributed by atoms with Crippen LogP contribution in [-0.4, -0.2) is 28.0 Å². The Balaban J connectivity index is 1.97. The molecule has 6 nitrogen and oxygen atoms in total. The minimum atomic E-state index is -0.303. The van der Waals surface area contributed by atoms with Crippen LogP contribution in [0.2, 0.25) is 0 Å². The lowest BCUT2D eigenvalue weighted by molar-refractivity contribution is -0.140. The number of carbonyl (C=O) groups excluding carboxylic acids is 2. The van der Waals surface area contributed by atoms with Crippen molar-refractivity contribution >= 4 is 11.8 Å². The van der Waals surface area contributed by atoms with E-state index in [1.54, 1.807) is 9.13 Å². The summed E-state index contributed by atoms with van der Waals surface area (Å²) in [5.41, 5.74) is 1.43. The first-order valence-corrected chi connectivity index (χ1v) is 8.57. The number of imidazole rings is 1. The minimum Gasteiger partial charge on any atom is -0.469 e. The van der Waals surface area contributed by atoms with Crippen LogP contribution in [0, 0.1) is 0 Å². The van der Waals surface area contributed by atoms with Gasteiger partial charge in [0.25, 0.3) is 0 Å². The summed E-state index contributed by atoms with van der Waals surface area (Å²) in [6, 6.07) is 9.43. The second-order valence-corrected chi connectivity index (χ2v) is 6.33. The molecule has 1 aromatic heterocycles. The van der Waals surface area contributed by atoms with Crippen LogP contribution < -0.4 is 5.69 Å². The van der Waals surface area contributed by atoms with Gasteiger partial charge in [-0.25, -0.2) is 4.79 Å². The Morgan fingerprint density at radius 1 is 1.16 bits per heavy atom. The number of benzene rings is 1. The lowest BCUT2D eigenvalue weighted by Gasteiger charge is -2.21. The van der Waals surface area contributed by atoms with Gasteiger partial charge in [-0.15, -0.1) is 0 Å². The Bertz CT molecular complexity index is 810. The van der Waals surface area contributed by atoms with Crippen molar-refractivity contribution in [3.05, 3.63) is 52.7 Å². The van der Waals surface area contributed by atoms with Crippen LogP contribution in [0.15, 0.2) is 41.3 Å². The molecule has 1 aromatic carbocycles. The van der Waals surface area contributed by atoms with Crippen LogP contribution in [-0.2, 0) is 20.7 Å². The number of Topliss-reactive ketones (excluding diaryl/α,β-unsaturated/α-hetero) is 1. The maximum Gasteiger partial charge on any atom is 0.333 e. The van der Waals surface area contributed by atoms with E-state index in [0.29, 0.717) is 32.1 Å². The molecule has 0 amide bonds. The highest BCUT2D eigenvalue weighted by Crippen LogP contribution is 2.26. The zero-order chi connectivity index (χ0) is 17.8.